The summed E-state index contributed by atoms with van der Waals surface area (Å²) in [5, 5.41) is 8.66. The van der Waals surface area contributed by atoms with E-state index in [1.807, 2.05) is 36.4 Å². The summed E-state index contributed by atoms with van der Waals surface area (Å²) in [6.45, 7) is 1.77. The number of fused-ring (bicyclic) bond motifs is 1. The third kappa shape index (κ3) is 4.45. The monoisotopic (exact) mass is 440 g/mol. The number of nitrogens with zero attached hydrogens (tertiary/aromatic N) is 5. The van der Waals surface area contributed by atoms with Gasteiger partial charge in [0.2, 0.25) is 5.95 Å². The number of hydrogen-bond acceptors (Lipinski definition) is 6. The fraction of sp³-hybridized carbons (Fsp3) is 0.240. The third-order valence-electron chi connectivity index (χ3n) is 5.85. The summed E-state index contributed by atoms with van der Waals surface area (Å²) in [5.41, 5.74) is 0.991. The van der Waals surface area contributed by atoms with Crippen molar-refractivity contribution in [2.75, 3.05) is 18.0 Å². The number of nitrogens with one attached hydrogen (secondary N) is 1. The van der Waals surface area contributed by atoms with Crippen molar-refractivity contribution in [1.82, 2.24) is 25.1 Å². The molecule has 0 spiro atoms. The summed E-state index contributed by atoms with van der Waals surface area (Å²) in [6, 6.07) is 18.5. The van der Waals surface area contributed by atoms with Crippen molar-refractivity contribution in [2.24, 2.45) is 0 Å². The minimum atomic E-state index is -0.283. The largest absolute Gasteiger partial charge is 0.346 e. The second-order valence-corrected chi connectivity index (χ2v) is 8.15. The van der Waals surface area contributed by atoms with Gasteiger partial charge in [-0.1, -0.05) is 48.5 Å². The normalized spacial score (nSPS) is 16.0. The van der Waals surface area contributed by atoms with Crippen LogP contribution in [0.3, 0.4) is 0 Å². The lowest BCUT2D eigenvalue weighted by molar-refractivity contribution is 0.0927. The lowest BCUT2D eigenvalue weighted by atomic mass is 10.1. The predicted molar refractivity (Wildman–Crippen MR) is 126 cm³/mol. The highest BCUT2D eigenvalue weighted by Gasteiger charge is 2.25. The van der Waals surface area contributed by atoms with Crippen LogP contribution in [0.5, 0.6) is 0 Å². The lowest BCUT2D eigenvalue weighted by Crippen LogP contribution is -2.48. The van der Waals surface area contributed by atoms with E-state index in [1.165, 1.54) is 4.68 Å². The van der Waals surface area contributed by atoms with Gasteiger partial charge in [0.15, 0.2) is 5.69 Å². The minimum absolute atomic E-state index is 0.0647. The Morgan fingerprint density at radius 2 is 1.70 bits per heavy atom. The molecule has 1 fully saturated rings. The van der Waals surface area contributed by atoms with Gasteiger partial charge < -0.3 is 10.2 Å². The van der Waals surface area contributed by atoms with Gasteiger partial charge in [0, 0.05) is 36.9 Å². The number of carbonyl (C=O) groups excluding carboxylic acids is 1. The van der Waals surface area contributed by atoms with Gasteiger partial charge in [-0.25, -0.2) is 14.6 Å². The summed E-state index contributed by atoms with van der Waals surface area (Å²) in [6.07, 6.45) is 5.22. The first-order valence-electron chi connectivity index (χ1n) is 11.1. The van der Waals surface area contributed by atoms with Crippen LogP contribution in [0.25, 0.3) is 10.8 Å². The zero-order chi connectivity index (χ0) is 22.6. The molecule has 0 saturated carbocycles. The Morgan fingerprint density at radius 3 is 2.48 bits per heavy atom. The molecule has 1 amide bonds. The number of benzene rings is 2. The van der Waals surface area contributed by atoms with Crippen LogP contribution in [-0.4, -0.2) is 44.8 Å². The highest BCUT2D eigenvalue weighted by molar-refractivity contribution is 6.04. The van der Waals surface area contributed by atoms with E-state index >= 15 is 0 Å². The summed E-state index contributed by atoms with van der Waals surface area (Å²) in [5.74, 6) is 0.380. The number of anilines is 1. The maximum absolute atomic E-state index is 13.3. The molecular formula is C25H24N6O2. The summed E-state index contributed by atoms with van der Waals surface area (Å²) >= 11 is 0. The van der Waals surface area contributed by atoms with Gasteiger partial charge in [-0.2, -0.15) is 5.10 Å². The highest BCUT2D eigenvalue weighted by Crippen LogP contribution is 2.18. The minimum Gasteiger partial charge on any atom is -0.346 e. The van der Waals surface area contributed by atoms with E-state index < -0.39 is 0 Å². The first-order chi connectivity index (χ1) is 16.2. The molecule has 1 saturated heterocycles. The number of rotatable bonds is 5. The zero-order valence-electron chi connectivity index (χ0n) is 18.1. The molecule has 1 aliphatic rings. The molecule has 0 aliphatic carbocycles. The van der Waals surface area contributed by atoms with Crippen molar-refractivity contribution in [3.8, 4) is 0 Å². The van der Waals surface area contributed by atoms with Crippen LogP contribution in [0.4, 0.5) is 5.95 Å². The Morgan fingerprint density at radius 1 is 0.970 bits per heavy atom. The van der Waals surface area contributed by atoms with E-state index in [2.05, 4.69) is 25.3 Å². The molecule has 4 aromatic rings. The van der Waals surface area contributed by atoms with E-state index in [0.29, 0.717) is 29.8 Å². The smallest absolute Gasteiger partial charge is 0.274 e. The molecule has 8 heteroatoms. The van der Waals surface area contributed by atoms with Gasteiger partial charge >= 0.3 is 0 Å². The van der Waals surface area contributed by atoms with Crippen molar-refractivity contribution in [1.29, 1.82) is 0 Å². The number of piperidine rings is 1. The Kier molecular flexibility index (Phi) is 5.80. The van der Waals surface area contributed by atoms with Crippen molar-refractivity contribution in [2.45, 2.75) is 25.4 Å². The zero-order valence-corrected chi connectivity index (χ0v) is 18.1. The van der Waals surface area contributed by atoms with Crippen LogP contribution >= 0.6 is 0 Å². The van der Waals surface area contributed by atoms with Crippen LogP contribution in [-0.2, 0) is 6.54 Å². The molecule has 1 aliphatic heterocycles. The molecule has 1 atom stereocenters. The Hall–Kier alpha value is -4.07. The molecule has 1 N–H and O–H groups in total. The van der Waals surface area contributed by atoms with Crippen molar-refractivity contribution in [3.05, 3.63) is 94.7 Å². The second kappa shape index (κ2) is 9.20. The summed E-state index contributed by atoms with van der Waals surface area (Å²) in [4.78, 5) is 37.1. The molecule has 2 aromatic carbocycles. The van der Waals surface area contributed by atoms with Crippen LogP contribution in [0.1, 0.15) is 28.9 Å². The lowest BCUT2D eigenvalue weighted by Gasteiger charge is -2.33. The van der Waals surface area contributed by atoms with Crippen molar-refractivity contribution in [3.63, 3.8) is 0 Å². The van der Waals surface area contributed by atoms with Crippen LogP contribution in [0, 0.1) is 0 Å². The summed E-state index contributed by atoms with van der Waals surface area (Å²) < 4.78 is 1.37. The topological polar surface area (TPSA) is 93.0 Å². The predicted octanol–water partition coefficient (Wildman–Crippen LogP) is 2.63. The van der Waals surface area contributed by atoms with Gasteiger partial charge in [-0.05, 0) is 30.5 Å². The molecule has 8 nitrogen and oxygen atoms in total. The van der Waals surface area contributed by atoms with Gasteiger partial charge in [0.1, 0.15) is 0 Å². The fourth-order valence-electron chi connectivity index (χ4n) is 4.25. The van der Waals surface area contributed by atoms with E-state index in [-0.39, 0.29) is 23.2 Å². The van der Waals surface area contributed by atoms with Gasteiger partial charge in [0.25, 0.3) is 11.5 Å². The third-order valence-corrected chi connectivity index (χ3v) is 5.85. The number of carbonyl (C=O) groups is 1. The quantitative estimate of drug-likeness (QED) is 0.513. The number of aromatic nitrogens is 4. The van der Waals surface area contributed by atoms with Crippen LogP contribution in [0.15, 0.2) is 77.9 Å². The van der Waals surface area contributed by atoms with Crippen LogP contribution < -0.4 is 15.8 Å². The Labute approximate surface area is 190 Å². The Bertz CT molecular complexity index is 1320. The average molecular weight is 441 g/mol. The van der Waals surface area contributed by atoms with Gasteiger partial charge in [-0.15, -0.1) is 0 Å². The molecule has 33 heavy (non-hydrogen) atoms. The maximum atomic E-state index is 13.3. The Balaban J connectivity index is 1.43. The maximum Gasteiger partial charge on any atom is 0.274 e. The SMILES string of the molecule is O=C(NC1CCCN(c2ncccn2)C1)c1nn(Cc2ccccc2)c(=O)c2ccccc12. The molecule has 166 valence electrons. The van der Waals surface area contributed by atoms with Crippen molar-refractivity contribution < 1.29 is 4.79 Å². The highest BCUT2D eigenvalue weighted by atomic mass is 16.2. The standard InChI is InChI=1S/C25H24N6O2/c32-23(28-19-10-6-15-30(17-19)25-26-13-7-14-27-25)22-20-11-4-5-12-21(20)24(33)31(29-22)16-18-8-2-1-3-9-18/h1-5,7-9,11-14,19H,6,10,15-17H2,(H,28,32). The first kappa shape index (κ1) is 20.8. The molecule has 0 radical (unpaired) electrons. The average Bonchev–Trinajstić information content (AvgIpc) is 2.87. The fourth-order valence-corrected chi connectivity index (χ4v) is 4.25. The molecule has 3 heterocycles. The van der Waals surface area contributed by atoms with E-state index in [4.69, 9.17) is 0 Å². The van der Waals surface area contributed by atoms with E-state index in [9.17, 15) is 9.59 Å². The molecule has 1 unspecified atom stereocenters. The molecular weight excluding hydrogens is 416 g/mol. The summed E-state index contributed by atoms with van der Waals surface area (Å²) in [7, 11) is 0. The molecule has 2 aromatic heterocycles. The molecule has 0 bridgehead atoms. The molecule has 5 rings (SSSR count). The van der Waals surface area contributed by atoms with Crippen molar-refractivity contribution >= 4 is 22.6 Å². The van der Waals surface area contributed by atoms with E-state index in [0.717, 1.165) is 24.9 Å². The van der Waals surface area contributed by atoms with Gasteiger partial charge in [0.05, 0.1) is 11.9 Å². The first-order valence-corrected chi connectivity index (χ1v) is 11.1. The number of amides is 1. The number of hydrogen-bond donors (Lipinski definition) is 1. The van der Waals surface area contributed by atoms with Gasteiger partial charge in [-0.3, -0.25) is 9.59 Å². The van der Waals surface area contributed by atoms with E-state index in [1.54, 1.807) is 36.7 Å². The second-order valence-electron chi connectivity index (χ2n) is 8.15. The van der Waals surface area contributed by atoms with Crippen LogP contribution in [0.2, 0.25) is 0 Å².